The van der Waals surface area contributed by atoms with Gasteiger partial charge in [-0.15, -0.1) is 0 Å². The number of methoxy groups -OCH3 is 1. The van der Waals surface area contributed by atoms with Crippen molar-refractivity contribution in [3.8, 4) is 5.75 Å². The summed E-state index contributed by atoms with van der Waals surface area (Å²) in [4.78, 5) is 0. The number of ether oxygens (including phenoxy) is 1. The molecule has 0 bridgehead atoms. The number of hydrogen-bond acceptors (Lipinski definition) is 3. The predicted molar refractivity (Wildman–Crippen MR) is 66.9 cm³/mol. The highest BCUT2D eigenvalue weighted by Gasteiger charge is 2.06. The number of benzene rings is 2. The predicted octanol–water partition coefficient (Wildman–Crippen LogP) is 2.92. The Kier molecular flexibility index (Phi) is 3.40. The van der Waals surface area contributed by atoms with E-state index in [0.29, 0.717) is 5.71 Å². The first-order valence-corrected chi connectivity index (χ1v) is 5.27. The van der Waals surface area contributed by atoms with Crippen LogP contribution in [0.4, 0.5) is 0 Å². The second kappa shape index (κ2) is 5.16. The molecule has 0 aliphatic rings. The van der Waals surface area contributed by atoms with Gasteiger partial charge in [0.2, 0.25) is 0 Å². The van der Waals surface area contributed by atoms with E-state index in [1.165, 1.54) is 0 Å². The van der Waals surface area contributed by atoms with Crippen molar-refractivity contribution >= 4 is 5.71 Å². The van der Waals surface area contributed by atoms with Gasteiger partial charge in [0.1, 0.15) is 11.5 Å². The summed E-state index contributed by atoms with van der Waals surface area (Å²) in [7, 11) is 1.62. The fraction of sp³-hybridized carbons (Fsp3) is 0.0714. The second-order valence-electron chi connectivity index (χ2n) is 3.54. The van der Waals surface area contributed by atoms with Gasteiger partial charge in [-0.05, 0) is 24.3 Å². The Morgan fingerprint density at radius 3 is 2.06 bits per heavy atom. The average Bonchev–Trinajstić information content (AvgIpc) is 2.42. The molecule has 0 aliphatic carbocycles. The van der Waals surface area contributed by atoms with Crippen LogP contribution in [0.3, 0.4) is 0 Å². The molecule has 2 aromatic rings. The van der Waals surface area contributed by atoms with Crippen LogP contribution < -0.4 is 4.74 Å². The summed E-state index contributed by atoms with van der Waals surface area (Å²) in [6.07, 6.45) is 0. The van der Waals surface area contributed by atoms with E-state index >= 15 is 0 Å². The van der Waals surface area contributed by atoms with Crippen molar-refractivity contribution in [2.24, 2.45) is 5.16 Å². The zero-order chi connectivity index (χ0) is 12.1. The molecule has 3 heteroatoms. The first-order valence-electron chi connectivity index (χ1n) is 5.27. The van der Waals surface area contributed by atoms with Gasteiger partial charge in [-0.1, -0.05) is 35.5 Å². The number of oxime groups is 1. The van der Waals surface area contributed by atoms with Crippen LogP contribution in [-0.4, -0.2) is 18.0 Å². The van der Waals surface area contributed by atoms with Crippen molar-refractivity contribution in [2.75, 3.05) is 7.11 Å². The molecule has 0 heterocycles. The lowest BCUT2D eigenvalue weighted by Gasteiger charge is -2.05. The molecule has 0 saturated heterocycles. The molecule has 2 rings (SSSR count). The average molecular weight is 227 g/mol. The summed E-state index contributed by atoms with van der Waals surface area (Å²) in [6, 6.07) is 16.9. The molecule has 0 aliphatic heterocycles. The fourth-order valence-electron chi connectivity index (χ4n) is 1.63. The minimum absolute atomic E-state index is 0.549. The molecule has 0 fully saturated rings. The minimum atomic E-state index is 0.549. The Balaban J connectivity index is 2.37. The molecule has 0 aromatic heterocycles. The molecule has 0 unspecified atom stereocenters. The molecular formula is C14H13NO2. The molecule has 0 saturated carbocycles. The van der Waals surface area contributed by atoms with Crippen molar-refractivity contribution < 1.29 is 9.94 Å². The van der Waals surface area contributed by atoms with Gasteiger partial charge in [0.25, 0.3) is 0 Å². The molecule has 17 heavy (non-hydrogen) atoms. The lowest BCUT2D eigenvalue weighted by molar-refractivity contribution is 0.319. The zero-order valence-corrected chi connectivity index (χ0v) is 9.50. The van der Waals surface area contributed by atoms with E-state index in [4.69, 9.17) is 9.94 Å². The maximum atomic E-state index is 9.12. The van der Waals surface area contributed by atoms with Crippen LogP contribution in [0.5, 0.6) is 5.75 Å². The van der Waals surface area contributed by atoms with Gasteiger partial charge in [-0.3, -0.25) is 0 Å². The largest absolute Gasteiger partial charge is 0.497 e. The monoisotopic (exact) mass is 227 g/mol. The zero-order valence-electron chi connectivity index (χ0n) is 9.50. The lowest BCUT2D eigenvalue weighted by Crippen LogP contribution is -2.02. The van der Waals surface area contributed by atoms with Gasteiger partial charge >= 0.3 is 0 Å². The van der Waals surface area contributed by atoms with Crippen LogP contribution in [0, 0.1) is 0 Å². The third-order valence-electron chi connectivity index (χ3n) is 2.51. The van der Waals surface area contributed by atoms with E-state index in [-0.39, 0.29) is 0 Å². The molecule has 3 nitrogen and oxygen atoms in total. The summed E-state index contributed by atoms with van der Waals surface area (Å²) in [5, 5.41) is 12.5. The quantitative estimate of drug-likeness (QED) is 0.497. The molecule has 0 radical (unpaired) electrons. The van der Waals surface area contributed by atoms with Crippen LogP contribution >= 0.6 is 0 Å². The molecule has 0 atom stereocenters. The Bertz CT molecular complexity index is 504. The Morgan fingerprint density at radius 1 is 0.941 bits per heavy atom. The fourth-order valence-corrected chi connectivity index (χ4v) is 1.63. The highest BCUT2D eigenvalue weighted by Crippen LogP contribution is 2.15. The van der Waals surface area contributed by atoms with Gasteiger partial charge in [-0.25, -0.2) is 0 Å². The Morgan fingerprint density at radius 2 is 1.53 bits per heavy atom. The van der Waals surface area contributed by atoms with Crippen LogP contribution in [0.2, 0.25) is 0 Å². The number of nitrogens with zero attached hydrogens (tertiary/aromatic N) is 1. The van der Waals surface area contributed by atoms with Gasteiger partial charge in [0.05, 0.1) is 7.11 Å². The summed E-state index contributed by atoms with van der Waals surface area (Å²) in [6.45, 7) is 0. The molecule has 1 N–H and O–H groups in total. The maximum Gasteiger partial charge on any atom is 0.118 e. The maximum absolute atomic E-state index is 9.12. The number of rotatable bonds is 3. The van der Waals surface area contributed by atoms with E-state index in [1.54, 1.807) is 7.11 Å². The highest BCUT2D eigenvalue weighted by molar-refractivity contribution is 6.12. The SMILES string of the molecule is COc1ccc(/C(=N\O)c2ccccc2)cc1. The first-order chi connectivity index (χ1) is 8.35. The van der Waals surface area contributed by atoms with Crippen molar-refractivity contribution in [3.63, 3.8) is 0 Å². The van der Waals surface area contributed by atoms with Crippen LogP contribution in [-0.2, 0) is 0 Å². The van der Waals surface area contributed by atoms with Gasteiger partial charge in [-0.2, -0.15) is 0 Å². The van der Waals surface area contributed by atoms with E-state index < -0.39 is 0 Å². The van der Waals surface area contributed by atoms with E-state index in [2.05, 4.69) is 5.16 Å². The first kappa shape index (κ1) is 11.2. The van der Waals surface area contributed by atoms with E-state index in [0.717, 1.165) is 16.9 Å². The molecule has 2 aromatic carbocycles. The molecule has 86 valence electrons. The molecule has 0 amide bonds. The minimum Gasteiger partial charge on any atom is -0.497 e. The second-order valence-corrected chi connectivity index (χ2v) is 3.54. The van der Waals surface area contributed by atoms with Crippen LogP contribution in [0.1, 0.15) is 11.1 Å². The van der Waals surface area contributed by atoms with E-state index in [9.17, 15) is 0 Å². The van der Waals surface area contributed by atoms with Gasteiger partial charge < -0.3 is 9.94 Å². The summed E-state index contributed by atoms with van der Waals surface area (Å²) < 4.78 is 5.09. The normalized spacial score (nSPS) is 11.2. The summed E-state index contributed by atoms with van der Waals surface area (Å²) in [5.41, 5.74) is 2.27. The Labute approximate surface area is 100.0 Å². The smallest absolute Gasteiger partial charge is 0.118 e. The van der Waals surface area contributed by atoms with Crippen molar-refractivity contribution in [1.29, 1.82) is 0 Å². The van der Waals surface area contributed by atoms with E-state index in [1.807, 2.05) is 54.6 Å². The summed E-state index contributed by atoms with van der Waals surface area (Å²) >= 11 is 0. The van der Waals surface area contributed by atoms with Gasteiger partial charge in [0, 0.05) is 11.1 Å². The Hall–Kier alpha value is -2.29. The standard InChI is InChI=1S/C14H13NO2/c1-17-13-9-7-12(8-10-13)14(15-16)11-5-3-2-4-6-11/h2-10,16H,1H3/b15-14-. The third kappa shape index (κ3) is 2.45. The molecule has 0 spiro atoms. The van der Waals surface area contributed by atoms with Crippen molar-refractivity contribution in [1.82, 2.24) is 0 Å². The highest BCUT2D eigenvalue weighted by atomic mass is 16.5. The van der Waals surface area contributed by atoms with Gasteiger partial charge in [0.15, 0.2) is 0 Å². The van der Waals surface area contributed by atoms with Crippen molar-refractivity contribution in [2.45, 2.75) is 0 Å². The van der Waals surface area contributed by atoms with Crippen LogP contribution in [0.25, 0.3) is 0 Å². The number of hydrogen-bond donors (Lipinski definition) is 1. The van der Waals surface area contributed by atoms with Crippen LogP contribution in [0.15, 0.2) is 59.8 Å². The lowest BCUT2D eigenvalue weighted by atomic mass is 10.0. The third-order valence-corrected chi connectivity index (χ3v) is 2.51. The molecular weight excluding hydrogens is 214 g/mol. The van der Waals surface area contributed by atoms with Crippen molar-refractivity contribution in [3.05, 3.63) is 65.7 Å². The topological polar surface area (TPSA) is 41.8 Å². The summed E-state index contributed by atoms with van der Waals surface area (Å²) in [5.74, 6) is 0.777.